The topological polar surface area (TPSA) is 0 Å². The van der Waals surface area contributed by atoms with Crippen molar-refractivity contribution in [3.05, 3.63) is 0 Å². The van der Waals surface area contributed by atoms with Gasteiger partial charge in [0.1, 0.15) is 0 Å². The summed E-state index contributed by atoms with van der Waals surface area (Å²) in [7, 11) is 9.95. The molecule has 0 aliphatic rings. The first-order valence-corrected chi connectivity index (χ1v) is 12.7. The van der Waals surface area contributed by atoms with Crippen LogP contribution in [0.4, 0.5) is 0 Å². The fraction of sp³-hybridized carbons (Fsp3) is 1.00. The van der Waals surface area contributed by atoms with E-state index >= 15 is 0 Å². The van der Waals surface area contributed by atoms with Gasteiger partial charge in [-0.1, -0.05) is 26.7 Å². The van der Waals surface area contributed by atoms with Gasteiger partial charge in [-0.2, -0.15) is 0 Å². The zero-order chi connectivity index (χ0) is 6.12. The number of rotatable bonds is 1. The molecule has 0 aromatic rings. The number of unbranched alkanes of at least 4 members (excludes halogenated alkanes) is 1. The molecule has 0 bridgehead atoms. The van der Waals surface area contributed by atoms with Gasteiger partial charge in [0.2, 0.25) is 0 Å². The normalized spacial score (nSPS) is 6.29. The summed E-state index contributed by atoms with van der Waals surface area (Å²) < 4.78 is 0. The van der Waals surface area contributed by atoms with Crippen molar-refractivity contribution < 1.29 is 0 Å². The SMILES string of the molecule is CCCC.[Cl][InH][Cl]. The molecule has 0 radical (unpaired) electrons. The Morgan fingerprint density at radius 1 is 1.14 bits per heavy atom. The molecule has 0 aromatic heterocycles. The van der Waals surface area contributed by atoms with Crippen molar-refractivity contribution in [2.24, 2.45) is 0 Å². The second kappa shape index (κ2) is 15.7. The Hall–Kier alpha value is 1.45. The third kappa shape index (κ3) is 36.9. The van der Waals surface area contributed by atoms with Crippen molar-refractivity contribution in [1.29, 1.82) is 0 Å². The molecule has 0 saturated carbocycles. The molecule has 0 atom stereocenters. The molecule has 7 heavy (non-hydrogen) atoms. The number of hydrogen-bond acceptors (Lipinski definition) is 0. The second-order valence-corrected chi connectivity index (χ2v) is 7.10. The van der Waals surface area contributed by atoms with E-state index in [-0.39, 0.29) is 0 Å². The number of hydrogen-bond donors (Lipinski definition) is 0. The monoisotopic (exact) mass is 244 g/mol. The summed E-state index contributed by atoms with van der Waals surface area (Å²) in [5.41, 5.74) is 0. The van der Waals surface area contributed by atoms with Crippen LogP contribution in [0.2, 0.25) is 0 Å². The predicted molar refractivity (Wildman–Crippen MR) is 39.4 cm³/mol. The van der Waals surface area contributed by atoms with E-state index in [1.807, 2.05) is 0 Å². The zero-order valence-corrected chi connectivity index (χ0v) is 10.4. The maximum absolute atomic E-state index is 4.97. The van der Waals surface area contributed by atoms with Gasteiger partial charge in [-0.25, -0.2) is 0 Å². The molecule has 0 aliphatic heterocycles. The molecule has 0 aromatic carbocycles. The first kappa shape index (κ1) is 11.3. The molecule has 0 fully saturated rings. The minimum atomic E-state index is -1.07. The molecule has 0 amide bonds. The van der Waals surface area contributed by atoms with Gasteiger partial charge in [-0.05, 0) is 0 Å². The van der Waals surface area contributed by atoms with Crippen LogP contribution >= 0.6 is 17.2 Å². The summed E-state index contributed by atoms with van der Waals surface area (Å²) in [5.74, 6) is 0. The fourth-order valence-corrected chi connectivity index (χ4v) is 0. The van der Waals surface area contributed by atoms with Gasteiger partial charge >= 0.3 is 37.7 Å². The van der Waals surface area contributed by atoms with Gasteiger partial charge in [0.05, 0.1) is 0 Å². The molecular weight excluding hydrogens is 234 g/mol. The average Bonchev–Trinajstić information content (AvgIpc) is 1.69. The van der Waals surface area contributed by atoms with Gasteiger partial charge in [-0.3, -0.25) is 0 Å². The van der Waals surface area contributed by atoms with Crippen molar-refractivity contribution in [2.75, 3.05) is 0 Å². The summed E-state index contributed by atoms with van der Waals surface area (Å²) in [6.45, 7) is 4.36. The van der Waals surface area contributed by atoms with Crippen molar-refractivity contribution >= 4 is 37.7 Å². The van der Waals surface area contributed by atoms with Gasteiger partial charge in [-0.15, -0.1) is 0 Å². The Balaban J connectivity index is 0. The molecule has 44 valence electrons. The molecule has 0 nitrogen and oxygen atoms in total. The van der Waals surface area contributed by atoms with Crippen LogP contribution in [-0.4, -0.2) is 20.5 Å². The first-order valence-electron chi connectivity index (χ1n) is 2.45. The van der Waals surface area contributed by atoms with E-state index in [9.17, 15) is 0 Å². The van der Waals surface area contributed by atoms with Crippen molar-refractivity contribution in [3.63, 3.8) is 0 Å². The van der Waals surface area contributed by atoms with Gasteiger partial charge in [0.15, 0.2) is 0 Å². The fourth-order valence-electron chi connectivity index (χ4n) is 0. The number of halogens is 2. The third-order valence-electron chi connectivity index (χ3n) is 0.500. The Kier molecular flexibility index (Phi) is 25.2. The standard InChI is InChI=1S/C4H10.2ClH.In.H/c1-3-4-2;;;;/h3-4H2,1-2H3;2*1H;;/q;;;+2;/p-2. The summed E-state index contributed by atoms with van der Waals surface area (Å²) in [4.78, 5) is 0. The second-order valence-electron chi connectivity index (χ2n) is 1.10. The maximum atomic E-state index is 4.97. The first-order chi connectivity index (χ1) is 3.33. The summed E-state index contributed by atoms with van der Waals surface area (Å²) in [5, 5.41) is 0. The van der Waals surface area contributed by atoms with Crippen LogP contribution < -0.4 is 0 Å². The van der Waals surface area contributed by atoms with E-state index < -0.39 is 20.5 Å². The molecule has 0 unspecified atom stereocenters. The average molecular weight is 245 g/mol. The molecule has 0 N–H and O–H groups in total. The van der Waals surface area contributed by atoms with E-state index in [2.05, 4.69) is 13.8 Å². The predicted octanol–water partition coefficient (Wildman–Crippen LogP) is 2.54. The molecule has 3 heteroatoms. The molecular formula is C4H11Cl2In. The minimum absolute atomic E-state index is 1.07. The van der Waals surface area contributed by atoms with Crippen LogP contribution in [0.15, 0.2) is 0 Å². The summed E-state index contributed by atoms with van der Waals surface area (Å²) in [6.07, 6.45) is 2.64. The van der Waals surface area contributed by atoms with E-state index in [0.29, 0.717) is 0 Å². The van der Waals surface area contributed by atoms with Gasteiger partial charge in [0.25, 0.3) is 0 Å². The summed E-state index contributed by atoms with van der Waals surface area (Å²) >= 11 is -1.07. The van der Waals surface area contributed by atoms with Crippen molar-refractivity contribution in [2.45, 2.75) is 26.7 Å². The Labute approximate surface area is 64.1 Å². The Morgan fingerprint density at radius 2 is 1.29 bits per heavy atom. The third-order valence-corrected chi connectivity index (χ3v) is 0.500. The summed E-state index contributed by atoms with van der Waals surface area (Å²) in [6, 6.07) is 0. The van der Waals surface area contributed by atoms with Crippen LogP contribution in [0, 0.1) is 0 Å². The zero-order valence-electron chi connectivity index (χ0n) is 4.88. The Bertz CT molecular complexity index is 17.2. The van der Waals surface area contributed by atoms with Crippen LogP contribution in [0.5, 0.6) is 0 Å². The van der Waals surface area contributed by atoms with Crippen molar-refractivity contribution in [3.8, 4) is 0 Å². The van der Waals surface area contributed by atoms with Crippen LogP contribution in [0.25, 0.3) is 0 Å². The molecule has 0 saturated heterocycles. The molecule has 0 aliphatic carbocycles. The van der Waals surface area contributed by atoms with E-state index in [1.165, 1.54) is 12.8 Å². The van der Waals surface area contributed by atoms with Crippen LogP contribution in [0.1, 0.15) is 26.7 Å². The van der Waals surface area contributed by atoms with E-state index in [0.717, 1.165) is 0 Å². The molecule has 0 spiro atoms. The van der Waals surface area contributed by atoms with Crippen molar-refractivity contribution in [1.82, 2.24) is 0 Å². The molecule has 0 heterocycles. The molecule has 0 rings (SSSR count). The quantitative estimate of drug-likeness (QED) is 0.665. The van der Waals surface area contributed by atoms with Gasteiger partial charge < -0.3 is 0 Å². The van der Waals surface area contributed by atoms with E-state index in [4.69, 9.17) is 17.2 Å². The van der Waals surface area contributed by atoms with E-state index in [1.54, 1.807) is 0 Å². The van der Waals surface area contributed by atoms with Crippen LogP contribution in [0.3, 0.4) is 0 Å². The van der Waals surface area contributed by atoms with Gasteiger partial charge in [0, 0.05) is 0 Å². The van der Waals surface area contributed by atoms with Crippen LogP contribution in [-0.2, 0) is 0 Å². The Morgan fingerprint density at radius 3 is 1.29 bits per heavy atom.